The van der Waals surface area contributed by atoms with Gasteiger partial charge in [0.05, 0.1) is 6.21 Å². The maximum absolute atomic E-state index is 12.8. The molecule has 0 bridgehead atoms. The third-order valence-corrected chi connectivity index (χ3v) is 4.24. The Bertz CT molecular complexity index is 858. The van der Waals surface area contributed by atoms with Crippen LogP contribution in [0.2, 0.25) is 0 Å². The number of guanidine groups is 1. The van der Waals surface area contributed by atoms with Gasteiger partial charge in [0.15, 0.2) is 0 Å². The zero-order valence-electron chi connectivity index (χ0n) is 12.6. The zero-order valence-corrected chi connectivity index (χ0v) is 15.8. The highest BCUT2D eigenvalue weighted by molar-refractivity contribution is 14.0. The van der Waals surface area contributed by atoms with Gasteiger partial charge in [-0.25, -0.2) is 4.39 Å². The minimum atomic E-state index is -0.261. The molecule has 3 rings (SSSR count). The van der Waals surface area contributed by atoms with Crippen molar-refractivity contribution >= 4 is 57.6 Å². The normalized spacial score (nSPS) is 11.6. The average Bonchev–Trinajstić information content (AvgIpc) is 2.98. The van der Waals surface area contributed by atoms with Crippen molar-refractivity contribution in [1.29, 1.82) is 0 Å². The van der Waals surface area contributed by atoms with Gasteiger partial charge >= 0.3 is 0 Å². The van der Waals surface area contributed by atoms with Gasteiger partial charge in [0.2, 0.25) is 5.96 Å². The molecule has 2 aromatic carbocycles. The van der Waals surface area contributed by atoms with Gasteiger partial charge in [-0.3, -0.25) is 0 Å². The highest BCUT2D eigenvalue weighted by Crippen LogP contribution is 2.24. The lowest BCUT2D eigenvalue weighted by Crippen LogP contribution is -2.30. The Morgan fingerprint density at radius 1 is 1.17 bits per heavy atom. The third kappa shape index (κ3) is 4.75. The van der Waals surface area contributed by atoms with E-state index < -0.39 is 0 Å². The molecule has 124 valence electrons. The summed E-state index contributed by atoms with van der Waals surface area (Å²) >= 11 is 1.66. The van der Waals surface area contributed by atoms with Crippen LogP contribution in [-0.4, -0.2) is 12.2 Å². The largest absolute Gasteiger partial charge is 0.368 e. The van der Waals surface area contributed by atoms with Crippen LogP contribution in [0.25, 0.3) is 10.1 Å². The van der Waals surface area contributed by atoms with E-state index >= 15 is 0 Å². The molecule has 4 nitrogen and oxygen atoms in total. The van der Waals surface area contributed by atoms with E-state index in [1.807, 2.05) is 23.6 Å². The number of fused-ring (bicyclic) bond motifs is 1. The second-order valence-electron chi connectivity index (χ2n) is 4.90. The second kappa shape index (κ2) is 8.74. The van der Waals surface area contributed by atoms with Gasteiger partial charge in [0, 0.05) is 27.6 Å². The van der Waals surface area contributed by atoms with E-state index in [9.17, 15) is 4.39 Å². The molecule has 3 N–H and O–H groups in total. The number of nitrogens with one attached hydrogen (secondary N) is 1. The standard InChI is InChI=1S/C17H15FN4S.HI/c18-14-7-5-12(6-8-14)9-20-17(19)22-21-10-13-11-23-16-4-2-1-3-15(13)16;/h1-8,10-11H,9H2,(H3,19,20,22);1H/b21-10+;. The van der Waals surface area contributed by atoms with Crippen LogP contribution in [0.3, 0.4) is 0 Å². The Hall–Kier alpha value is -2.00. The maximum Gasteiger partial charge on any atom is 0.214 e. The van der Waals surface area contributed by atoms with E-state index in [0.717, 1.165) is 16.5 Å². The first-order valence-electron chi connectivity index (χ1n) is 7.03. The van der Waals surface area contributed by atoms with Crippen LogP contribution in [0.15, 0.2) is 64.1 Å². The van der Waals surface area contributed by atoms with Gasteiger partial charge in [0.25, 0.3) is 0 Å². The van der Waals surface area contributed by atoms with Crippen molar-refractivity contribution in [2.24, 2.45) is 15.9 Å². The van der Waals surface area contributed by atoms with Gasteiger partial charge < -0.3 is 11.1 Å². The molecule has 0 spiro atoms. The third-order valence-electron chi connectivity index (χ3n) is 3.26. The number of halogens is 2. The maximum atomic E-state index is 12.8. The Morgan fingerprint density at radius 3 is 2.71 bits per heavy atom. The van der Waals surface area contributed by atoms with Gasteiger partial charge in [-0.2, -0.15) is 5.10 Å². The summed E-state index contributed by atoms with van der Waals surface area (Å²) in [5.41, 5.74) is 7.69. The number of benzene rings is 2. The van der Waals surface area contributed by atoms with Gasteiger partial charge in [-0.15, -0.1) is 40.4 Å². The van der Waals surface area contributed by atoms with E-state index in [-0.39, 0.29) is 35.8 Å². The first-order chi connectivity index (χ1) is 11.2. The van der Waals surface area contributed by atoms with Gasteiger partial charge in [-0.05, 0) is 23.8 Å². The molecule has 0 amide bonds. The van der Waals surface area contributed by atoms with E-state index in [1.165, 1.54) is 16.8 Å². The van der Waals surface area contributed by atoms with Crippen molar-refractivity contribution in [3.63, 3.8) is 0 Å². The van der Waals surface area contributed by atoms with E-state index in [4.69, 9.17) is 5.73 Å². The predicted octanol–water partition coefficient (Wildman–Crippen LogP) is 4.10. The van der Waals surface area contributed by atoms with Crippen LogP contribution in [0.5, 0.6) is 0 Å². The summed E-state index contributed by atoms with van der Waals surface area (Å²) < 4.78 is 14.0. The quantitative estimate of drug-likeness (QED) is 0.270. The zero-order chi connectivity index (χ0) is 16.1. The topological polar surface area (TPSA) is 62.8 Å². The molecule has 1 aromatic heterocycles. The molecule has 3 aromatic rings. The summed E-state index contributed by atoms with van der Waals surface area (Å²) in [6.07, 6.45) is 1.69. The van der Waals surface area contributed by atoms with Crippen molar-refractivity contribution in [3.8, 4) is 0 Å². The molecule has 0 saturated carbocycles. The predicted molar refractivity (Wildman–Crippen MR) is 110 cm³/mol. The van der Waals surface area contributed by atoms with Crippen LogP contribution in [-0.2, 0) is 6.54 Å². The highest BCUT2D eigenvalue weighted by Gasteiger charge is 2.00. The fraction of sp³-hybridized carbons (Fsp3) is 0.0588. The van der Waals surface area contributed by atoms with Crippen molar-refractivity contribution in [2.45, 2.75) is 6.54 Å². The molecule has 0 unspecified atom stereocenters. The Balaban J connectivity index is 0.00000208. The monoisotopic (exact) mass is 454 g/mol. The van der Waals surface area contributed by atoms with Crippen LogP contribution >= 0.6 is 35.3 Å². The number of rotatable bonds is 4. The molecule has 0 radical (unpaired) electrons. The van der Waals surface area contributed by atoms with Crippen molar-refractivity contribution in [1.82, 2.24) is 5.32 Å². The van der Waals surface area contributed by atoms with Crippen LogP contribution in [0, 0.1) is 5.82 Å². The summed E-state index contributed by atoms with van der Waals surface area (Å²) in [6, 6.07) is 14.3. The molecule has 0 saturated heterocycles. The smallest absolute Gasteiger partial charge is 0.214 e. The lowest BCUT2D eigenvalue weighted by atomic mass is 10.2. The molecule has 1 heterocycles. The number of nitrogens with zero attached hydrogens (tertiary/aromatic N) is 2. The van der Waals surface area contributed by atoms with Crippen molar-refractivity contribution < 1.29 is 4.39 Å². The second-order valence-corrected chi connectivity index (χ2v) is 5.81. The van der Waals surface area contributed by atoms with Crippen LogP contribution in [0.1, 0.15) is 11.1 Å². The number of nitrogens with two attached hydrogens (primary N) is 1. The van der Waals surface area contributed by atoms with Crippen molar-refractivity contribution in [2.75, 3.05) is 0 Å². The Kier molecular flexibility index (Phi) is 6.68. The fourth-order valence-electron chi connectivity index (χ4n) is 2.08. The Labute approximate surface area is 160 Å². The molecule has 0 atom stereocenters. The van der Waals surface area contributed by atoms with Crippen LogP contribution < -0.4 is 11.1 Å². The molecule has 0 aliphatic heterocycles. The molecule has 24 heavy (non-hydrogen) atoms. The van der Waals surface area contributed by atoms with Crippen LogP contribution in [0.4, 0.5) is 4.39 Å². The van der Waals surface area contributed by atoms with E-state index in [0.29, 0.717) is 6.54 Å². The van der Waals surface area contributed by atoms with E-state index in [2.05, 4.69) is 21.6 Å². The molecule has 7 heteroatoms. The summed E-state index contributed by atoms with van der Waals surface area (Å²) in [6.45, 7) is 0.465. The minimum absolute atomic E-state index is 0. The van der Waals surface area contributed by atoms with Gasteiger partial charge in [-0.1, -0.05) is 30.3 Å². The minimum Gasteiger partial charge on any atom is -0.368 e. The first-order valence-corrected chi connectivity index (χ1v) is 7.91. The molecular weight excluding hydrogens is 438 g/mol. The molecule has 0 fully saturated rings. The fourth-order valence-corrected chi connectivity index (χ4v) is 2.99. The SMILES string of the molecule is I.N/C(=N\N=C\c1csc2ccccc12)NCc1ccc(F)cc1. The number of hydrogen-bond donors (Lipinski definition) is 2. The summed E-state index contributed by atoms with van der Waals surface area (Å²) in [5, 5.41) is 14.0. The molecule has 0 aliphatic rings. The summed E-state index contributed by atoms with van der Waals surface area (Å²) in [7, 11) is 0. The number of thiophene rings is 1. The lowest BCUT2D eigenvalue weighted by Gasteiger charge is -2.03. The summed E-state index contributed by atoms with van der Waals surface area (Å²) in [5.74, 6) is -0.0481. The van der Waals surface area contributed by atoms with Crippen molar-refractivity contribution in [3.05, 3.63) is 70.9 Å². The number of hydrogen-bond acceptors (Lipinski definition) is 3. The average molecular weight is 454 g/mol. The highest BCUT2D eigenvalue weighted by atomic mass is 127. The first kappa shape index (κ1) is 18.3. The molecular formula is C17H16FIN4S. The Morgan fingerprint density at radius 2 is 1.92 bits per heavy atom. The molecule has 0 aliphatic carbocycles. The summed E-state index contributed by atoms with van der Waals surface area (Å²) in [4.78, 5) is 0. The van der Waals surface area contributed by atoms with Gasteiger partial charge in [0.1, 0.15) is 5.82 Å². The lowest BCUT2D eigenvalue weighted by molar-refractivity contribution is 0.626. The van der Waals surface area contributed by atoms with E-state index in [1.54, 1.807) is 29.7 Å².